The molecule has 0 aliphatic carbocycles. The molecule has 19 heavy (non-hydrogen) atoms. The fourth-order valence-electron chi connectivity index (χ4n) is 1.92. The predicted octanol–water partition coefficient (Wildman–Crippen LogP) is 3.15. The Morgan fingerprint density at radius 3 is 2.26 bits per heavy atom. The molecule has 1 unspecified atom stereocenters. The van der Waals surface area contributed by atoms with Crippen molar-refractivity contribution in [2.75, 3.05) is 24.5 Å². The zero-order valence-electron chi connectivity index (χ0n) is 12.8. The standard InChI is InChI=1S/C14H28N4O/c1-5-8-10-18(11-9-6-2)14-17-16-13(19-14)12(4)15-7-3/h12,15H,5-11H2,1-4H3. The van der Waals surface area contributed by atoms with E-state index >= 15 is 0 Å². The summed E-state index contributed by atoms with van der Waals surface area (Å²) in [5.41, 5.74) is 0. The summed E-state index contributed by atoms with van der Waals surface area (Å²) in [6.07, 6.45) is 4.67. The second kappa shape index (κ2) is 8.91. The van der Waals surface area contributed by atoms with E-state index in [4.69, 9.17) is 4.42 Å². The average Bonchev–Trinajstić information content (AvgIpc) is 2.89. The second-order valence-corrected chi connectivity index (χ2v) is 4.90. The minimum atomic E-state index is 0.116. The summed E-state index contributed by atoms with van der Waals surface area (Å²) in [7, 11) is 0. The Morgan fingerprint density at radius 2 is 1.74 bits per heavy atom. The summed E-state index contributed by atoms with van der Waals surface area (Å²) in [5, 5.41) is 11.6. The van der Waals surface area contributed by atoms with E-state index in [0.717, 1.165) is 32.5 Å². The number of hydrogen-bond donors (Lipinski definition) is 1. The topological polar surface area (TPSA) is 54.2 Å². The van der Waals surface area contributed by atoms with Gasteiger partial charge in [-0.1, -0.05) is 38.7 Å². The van der Waals surface area contributed by atoms with E-state index in [0.29, 0.717) is 11.9 Å². The van der Waals surface area contributed by atoms with Crippen LogP contribution in [0.3, 0.4) is 0 Å². The smallest absolute Gasteiger partial charge is 0.318 e. The lowest BCUT2D eigenvalue weighted by molar-refractivity contribution is 0.417. The number of aromatic nitrogens is 2. The van der Waals surface area contributed by atoms with Gasteiger partial charge in [0.1, 0.15) is 0 Å². The highest BCUT2D eigenvalue weighted by molar-refractivity contribution is 5.23. The molecule has 5 nitrogen and oxygen atoms in total. The van der Waals surface area contributed by atoms with Crippen LogP contribution in [0.1, 0.15) is 65.3 Å². The fraction of sp³-hybridized carbons (Fsp3) is 0.857. The molecule has 0 fully saturated rings. The third-order valence-electron chi connectivity index (χ3n) is 3.14. The molecule has 1 N–H and O–H groups in total. The summed E-state index contributed by atoms with van der Waals surface area (Å²) >= 11 is 0. The van der Waals surface area contributed by atoms with Crippen molar-refractivity contribution in [2.24, 2.45) is 0 Å². The van der Waals surface area contributed by atoms with E-state index < -0.39 is 0 Å². The molecule has 1 heterocycles. The molecule has 0 aliphatic heterocycles. The lowest BCUT2D eigenvalue weighted by atomic mass is 10.3. The minimum Gasteiger partial charge on any atom is -0.406 e. The van der Waals surface area contributed by atoms with Crippen molar-refractivity contribution in [3.05, 3.63) is 5.89 Å². The molecular formula is C14H28N4O. The minimum absolute atomic E-state index is 0.116. The summed E-state index contributed by atoms with van der Waals surface area (Å²) in [5.74, 6) is 0.676. The number of anilines is 1. The van der Waals surface area contributed by atoms with Crippen LogP contribution in [0, 0.1) is 0 Å². The van der Waals surface area contributed by atoms with Crippen LogP contribution in [0.2, 0.25) is 0 Å². The van der Waals surface area contributed by atoms with Gasteiger partial charge in [-0.3, -0.25) is 0 Å². The molecule has 0 saturated heterocycles. The Labute approximate surface area is 116 Å². The Bertz CT molecular complexity index is 332. The van der Waals surface area contributed by atoms with Crippen molar-refractivity contribution in [2.45, 2.75) is 59.4 Å². The van der Waals surface area contributed by atoms with E-state index in [1.165, 1.54) is 12.8 Å². The van der Waals surface area contributed by atoms with Crippen molar-refractivity contribution in [1.82, 2.24) is 15.5 Å². The first-order chi connectivity index (χ1) is 9.22. The summed E-state index contributed by atoms with van der Waals surface area (Å²) in [6.45, 7) is 11.4. The summed E-state index contributed by atoms with van der Waals surface area (Å²) in [6, 6.07) is 0.784. The molecule has 0 amide bonds. The molecule has 0 bridgehead atoms. The van der Waals surface area contributed by atoms with Gasteiger partial charge >= 0.3 is 6.01 Å². The lowest BCUT2D eigenvalue weighted by Gasteiger charge is -2.19. The number of rotatable bonds is 10. The van der Waals surface area contributed by atoms with Crippen LogP contribution in [0.5, 0.6) is 0 Å². The van der Waals surface area contributed by atoms with Crippen LogP contribution in [-0.2, 0) is 0 Å². The van der Waals surface area contributed by atoms with Crippen molar-refractivity contribution in [3.8, 4) is 0 Å². The largest absolute Gasteiger partial charge is 0.406 e. The van der Waals surface area contributed by atoms with Crippen LogP contribution >= 0.6 is 0 Å². The maximum Gasteiger partial charge on any atom is 0.318 e. The maximum absolute atomic E-state index is 5.80. The van der Waals surface area contributed by atoms with Crippen LogP contribution in [0.15, 0.2) is 4.42 Å². The Kier molecular flexibility index (Phi) is 7.48. The van der Waals surface area contributed by atoms with Gasteiger partial charge in [0.05, 0.1) is 6.04 Å². The van der Waals surface area contributed by atoms with Gasteiger partial charge in [-0.25, -0.2) is 0 Å². The van der Waals surface area contributed by atoms with Crippen molar-refractivity contribution >= 4 is 6.01 Å². The number of hydrogen-bond acceptors (Lipinski definition) is 5. The van der Waals surface area contributed by atoms with Gasteiger partial charge < -0.3 is 14.6 Å². The number of unbranched alkanes of at least 4 members (excludes halogenated alkanes) is 2. The highest BCUT2D eigenvalue weighted by Gasteiger charge is 2.17. The van der Waals surface area contributed by atoms with Crippen LogP contribution in [0.4, 0.5) is 6.01 Å². The van der Waals surface area contributed by atoms with E-state index in [9.17, 15) is 0 Å². The average molecular weight is 268 g/mol. The SMILES string of the molecule is CCCCN(CCCC)c1nnc(C(C)NCC)o1. The molecule has 110 valence electrons. The van der Waals surface area contributed by atoms with E-state index in [-0.39, 0.29) is 6.04 Å². The molecule has 0 radical (unpaired) electrons. The Hall–Kier alpha value is -1.10. The van der Waals surface area contributed by atoms with Gasteiger partial charge in [0.25, 0.3) is 0 Å². The van der Waals surface area contributed by atoms with Gasteiger partial charge in [-0.2, -0.15) is 0 Å². The molecule has 0 spiro atoms. The Balaban J connectivity index is 2.66. The molecular weight excluding hydrogens is 240 g/mol. The highest BCUT2D eigenvalue weighted by atomic mass is 16.4. The third kappa shape index (κ3) is 5.19. The second-order valence-electron chi connectivity index (χ2n) is 4.90. The first-order valence-corrected chi connectivity index (χ1v) is 7.54. The van der Waals surface area contributed by atoms with Crippen LogP contribution < -0.4 is 10.2 Å². The van der Waals surface area contributed by atoms with E-state index in [2.05, 4.69) is 41.2 Å². The van der Waals surface area contributed by atoms with Crippen LogP contribution in [0.25, 0.3) is 0 Å². The predicted molar refractivity (Wildman–Crippen MR) is 78.4 cm³/mol. The van der Waals surface area contributed by atoms with E-state index in [1.807, 2.05) is 6.92 Å². The zero-order valence-corrected chi connectivity index (χ0v) is 12.8. The van der Waals surface area contributed by atoms with Crippen LogP contribution in [-0.4, -0.2) is 29.8 Å². The first-order valence-electron chi connectivity index (χ1n) is 7.54. The third-order valence-corrected chi connectivity index (χ3v) is 3.14. The van der Waals surface area contributed by atoms with Gasteiger partial charge in [0.2, 0.25) is 5.89 Å². The first kappa shape index (κ1) is 16.0. The van der Waals surface area contributed by atoms with E-state index in [1.54, 1.807) is 0 Å². The summed E-state index contributed by atoms with van der Waals surface area (Å²) in [4.78, 5) is 2.21. The molecule has 5 heteroatoms. The van der Waals surface area contributed by atoms with Crippen molar-refractivity contribution in [3.63, 3.8) is 0 Å². The number of nitrogens with one attached hydrogen (secondary N) is 1. The molecule has 0 aromatic carbocycles. The Morgan fingerprint density at radius 1 is 1.11 bits per heavy atom. The molecule has 1 rings (SSSR count). The van der Waals surface area contributed by atoms with Crippen molar-refractivity contribution in [1.29, 1.82) is 0 Å². The maximum atomic E-state index is 5.80. The monoisotopic (exact) mass is 268 g/mol. The van der Waals surface area contributed by atoms with Gasteiger partial charge in [-0.05, 0) is 26.3 Å². The number of nitrogens with zero attached hydrogens (tertiary/aromatic N) is 3. The molecule has 1 atom stereocenters. The zero-order chi connectivity index (χ0) is 14.1. The molecule has 0 aliphatic rings. The molecule has 1 aromatic rings. The highest BCUT2D eigenvalue weighted by Crippen LogP contribution is 2.18. The normalized spacial score (nSPS) is 12.6. The molecule has 1 aromatic heterocycles. The van der Waals surface area contributed by atoms with Gasteiger partial charge in [0.15, 0.2) is 0 Å². The fourth-order valence-corrected chi connectivity index (χ4v) is 1.92. The van der Waals surface area contributed by atoms with Gasteiger partial charge in [-0.15, -0.1) is 5.10 Å². The quantitative estimate of drug-likeness (QED) is 0.706. The summed E-state index contributed by atoms with van der Waals surface area (Å²) < 4.78 is 5.80. The van der Waals surface area contributed by atoms with Gasteiger partial charge in [0, 0.05) is 13.1 Å². The lowest BCUT2D eigenvalue weighted by Crippen LogP contribution is -2.25. The van der Waals surface area contributed by atoms with Crippen molar-refractivity contribution < 1.29 is 4.42 Å². The molecule has 0 saturated carbocycles.